The smallest absolute Gasteiger partial charge is 0.291 e. The zero-order valence-corrected chi connectivity index (χ0v) is 16.3. The van der Waals surface area contributed by atoms with E-state index in [9.17, 15) is 9.90 Å². The molecular weight excluding hydrogens is 354 g/mol. The predicted molar refractivity (Wildman–Crippen MR) is 106 cm³/mol. The summed E-state index contributed by atoms with van der Waals surface area (Å²) in [6, 6.07) is 8.48. The van der Waals surface area contributed by atoms with Crippen molar-refractivity contribution in [2.45, 2.75) is 20.3 Å². The Labute approximate surface area is 164 Å². The van der Waals surface area contributed by atoms with Crippen LogP contribution in [0.15, 0.2) is 48.2 Å². The third kappa shape index (κ3) is 4.49. The van der Waals surface area contributed by atoms with Gasteiger partial charge in [-0.15, -0.1) is 0 Å². The van der Waals surface area contributed by atoms with Crippen molar-refractivity contribution < 1.29 is 14.6 Å². The molecule has 3 rings (SSSR count). The number of aromatic hydroxyl groups is 1. The van der Waals surface area contributed by atoms with Gasteiger partial charge in [-0.25, -0.2) is 4.98 Å². The molecule has 0 saturated carbocycles. The van der Waals surface area contributed by atoms with E-state index in [1.54, 1.807) is 29.2 Å². The number of hydrogen-bond acceptors (Lipinski definition) is 5. The highest BCUT2D eigenvalue weighted by Crippen LogP contribution is 2.34. The van der Waals surface area contributed by atoms with Crippen molar-refractivity contribution in [3.05, 3.63) is 59.6 Å². The van der Waals surface area contributed by atoms with Crippen LogP contribution in [0.25, 0.3) is 0 Å². The highest BCUT2D eigenvalue weighted by molar-refractivity contribution is 5.90. The number of rotatable bonds is 2. The van der Waals surface area contributed by atoms with E-state index in [4.69, 9.17) is 4.74 Å². The second-order valence-corrected chi connectivity index (χ2v) is 7.27. The van der Waals surface area contributed by atoms with Crippen LogP contribution in [-0.2, 0) is 0 Å². The molecule has 0 bridgehead atoms. The normalized spacial score (nSPS) is 17.0. The highest BCUT2D eigenvalue weighted by atomic mass is 16.5. The number of carbonyl (C=O) groups is 1. The standard InChI is InChI=1S/C22H23N3O3/c1-22(2)15-25(21(27)20-23-12-10-19(24-20)28-3)13-11-17(22)8-4-6-16-7-5-9-18(26)14-16/h5,7-10,12,14,26H,11,13,15H2,1-3H3/b17-8+. The van der Waals surface area contributed by atoms with Gasteiger partial charge in [0, 0.05) is 36.3 Å². The average molecular weight is 377 g/mol. The maximum atomic E-state index is 12.8. The molecule has 1 N–H and O–H groups in total. The molecule has 1 fully saturated rings. The van der Waals surface area contributed by atoms with Crippen molar-refractivity contribution in [2.24, 2.45) is 5.41 Å². The molecule has 1 aliphatic heterocycles. The van der Waals surface area contributed by atoms with Crippen molar-refractivity contribution in [1.29, 1.82) is 0 Å². The van der Waals surface area contributed by atoms with Crippen LogP contribution in [0.1, 0.15) is 36.5 Å². The summed E-state index contributed by atoms with van der Waals surface area (Å²) in [5.41, 5.74) is 1.74. The summed E-state index contributed by atoms with van der Waals surface area (Å²) < 4.78 is 5.08. The van der Waals surface area contributed by atoms with E-state index in [2.05, 4.69) is 35.7 Å². The predicted octanol–water partition coefficient (Wildman–Crippen LogP) is 3.04. The van der Waals surface area contributed by atoms with Crippen LogP contribution in [0.2, 0.25) is 0 Å². The first-order chi connectivity index (χ1) is 13.4. The molecule has 0 spiro atoms. The van der Waals surface area contributed by atoms with E-state index < -0.39 is 0 Å². The molecule has 6 nitrogen and oxygen atoms in total. The molecule has 1 aliphatic rings. The van der Waals surface area contributed by atoms with E-state index in [-0.39, 0.29) is 22.9 Å². The Morgan fingerprint density at radius 3 is 2.89 bits per heavy atom. The molecule has 1 saturated heterocycles. The number of piperidine rings is 1. The first-order valence-electron chi connectivity index (χ1n) is 9.05. The number of amides is 1. The molecular formula is C22H23N3O3. The number of benzene rings is 1. The number of methoxy groups -OCH3 is 1. The Balaban J connectivity index is 1.72. The maximum absolute atomic E-state index is 12.8. The lowest BCUT2D eigenvalue weighted by atomic mass is 9.78. The first-order valence-corrected chi connectivity index (χ1v) is 9.05. The molecule has 0 unspecified atom stereocenters. The molecule has 0 atom stereocenters. The zero-order valence-electron chi connectivity index (χ0n) is 16.3. The lowest BCUT2D eigenvalue weighted by molar-refractivity contribution is 0.0650. The summed E-state index contributed by atoms with van der Waals surface area (Å²) in [4.78, 5) is 22.8. The number of likely N-dealkylation sites (tertiary alicyclic amines) is 1. The van der Waals surface area contributed by atoms with Crippen LogP contribution in [0, 0.1) is 17.3 Å². The third-order valence-electron chi connectivity index (χ3n) is 4.73. The maximum Gasteiger partial charge on any atom is 0.291 e. The molecule has 28 heavy (non-hydrogen) atoms. The molecule has 2 aromatic rings. The Hall–Kier alpha value is -3.33. The Bertz CT molecular complexity index is 970. The van der Waals surface area contributed by atoms with E-state index in [0.717, 1.165) is 12.0 Å². The van der Waals surface area contributed by atoms with Crippen molar-refractivity contribution in [3.63, 3.8) is 0 Å². The van der Waals surface area contributed by atoms with Gasteiger partial charge >= 0.3 is 0 Å². The summed E-state index contributed by atoms with van der Waals surface area (Å²) in [7, 11) is 1.51. The van der Waals surface area contributed by atoms with Gasteiger partial charge in [0.1, 0.15) is 5.75 Å². The molecule has 1 amide bonds. The molecule has 144 valence electrons. The number of aromatic nitrogens is 2. The first kappa shape index (κ1) is 19.4. The van der Waals surface area contributed by atoms with Gasteiger partial charge in [-0.2, -0.15) is 4.98 Å². The summed E-state index contributed by atoms with van der Waals surface area (Å²) in [5, 5.41) is 9.51. The second-order valence-electron chi connectivity index (χ2n) is 7.27. The molecule has 1 aromatic heterocycles. The fraction of sp³-hybridized carbons (Fsp3) is 0.318. The van der Waals surface area contributed by atoms with Crippen molar-refractivity contribution in [3.8, 4) is 23.5 Å². The molecule has 6 heteroatoms. The highest BCUT2D eigenvalue weighted by Gasteiger charge is 2.34. The van der Waals surface area contributed by atoms with Crippen LogP contribution in [0.5, 0.6) is 11.6 Å². The number of carbonyl (C=O) groups excluding carboxylic acids is 1. The number of phenols is 1. The minimum absolute atomic E-state index is 0.145. The number of nitrogens with zero attached hydrogens (tertiary/aromatic N) is 3. The van der Waals surface area contributed by atoms with Crippen LogP contribution in [-0.4, -0.2) is 46.1 Å². The van der Waals surface area contributed by atoms with Gasteiger partial charge in [-0.3, -0.25) is 4.79 Å². The summed E-state index contributed by atoms with van der Waals surface area (Å²) in [5.74, 6) is 6.64. The van der Waals surface area contributed by atoms with Gasteiger partial charge < -0.3 is 14.7 Å². The molecule has 1 aromatic carbocycles. The van der Waals surface area contributed by atoms with Crippen molar-refractivity contribution >= 4 is 5.91 Å². The monoisotopic (exact) mass is 377 g/mol. The number of ether oxygens (including phenoxy) is 1. The fourth-order valence-electron chi connectivity index (χ4n) is 3.18. The number of phenolic OH excluding ortho intramolecular Hbond substituents is 1. The van der Waals surface area contributed by atoms with Gasteiger partial charge in [0.15, 0.2) is 0 Å². The lowest BCUT2D eigenvalue weighted by Crippen LogP contribution is -2.45. The van der Waals surface area contributed by atoms with E-state index >= 15 is 0 Å². The van der Waals surface area contributed by atoms with Crippen LogP contribution in [0.3, 0.4) is 0 Å². The molecule has 2 heterocycles. The summed E-state index contributed by atoms with van der Waals surface area (Å²) in [6.07, 6.45) is 4.18. The SMILES string of the molecule is COc1ccnc(C(=O)N2CC/C(=C\C#Cc3cccc(O)c3)C(C)(C)C2)n1. The van der Waals surface area contributed by atoms with Gasteiger partial charge in [0.2, 0.25) is 11.7 Å². The topological polar surface area (TPSA) is 75.5 Å². The van der Waals surface area contributed by atoms with Crippen LogP contribution < -0.4 is 4.74 Å². The Morgan fingerprint density at radius 1 is 1.36 bits per heavy atom. The van der Waals surface area contributed by atoms with E-state index in [0.29, 0.717) is 19.0 Å². The van der Waals surface area contributed by atoms with Crippen LogP contribution in [0.4, 0.5) is 0 Å². The number of allylic oxidation sites excluding steroid dienone is 1. The van der Waals surface area contributed by atoms with Crippen LogP contribution >= 0.6 is 0 Å². The number of hydrogen-bond donors (Lipinski definition) is 1. The van der Waals surface area contributed by atoms with Gasteiger partial charge in [-0.05, 0) is 30.7 Å². The summed E-state index contributed by atoms with van der Waals surface area (Å²) >= 11 is 0. The average Bonchev–Trinajstić information content (AvgIpc) is 2.68. The van der Waals surface area contributed by atoms with E-state index in [1.807, 2.05) is 12.1 Å². The summed E-state index contributed by atoms with van der Waals surface area (Å²) in [6.45, 7) is 5.34. The van der Waals surface area contributed by atoms with Crippen molar-refractivity contribution in [1.82, 2.24) is 14.9 Å². The second kappa shape index (κ2) is 8.13. The Kier molecular flexibility index (Phi) is 5.65. The van der Waals surface area contributed by atoms with Gasteiger partial charge in [0.05, 0.1) is 7.11 Å². The lowest BCUT2D eigenvalue weighted by Gasteiger charge is -2.39. The molecule has 0 aliphatic carbocycles. The van der Waals surface area contributed by atoms with Crippen molar-refractivity contribution in [2.75, 3.05) is 20.2 Å². The minimum atomic E-state index is -0.208. The van der Waals surface area contributed by atoms with Gasteiger partial charge in [0.25, 0.3) is 5.91 Å². The van der Waals surface area contributed by atoms with Gasteiger partial charge in [-0.1, -0.05) is 37.3 Å². The zero-order chi connectivity index (χ0) is 20.1. The Morgan fingerprint density at radius 2 is 2.18 bits per heavy atom. The van der Waals surface area contributed by atoms with E-state index in [1.165, 1.54) is 18.9 Å². The minimum Gasteiger partial charge on any atom is -0.508 e. The quantitative estimate of drug-likeness (QED) is 0.814. The molecule has 0 radical (unpaired) electrons. The third-order valence-corrected chi connectivity index (χ3v) is 4.73. The largest absolute Gasteiger partial charge is 0.508 e. The fourth-order valence-corrected chi connectivity index (χ4v) is 3.18.